The van der Waals surface area contributed by atoms with Gasteiger partial charge < -0.3 is 4.90 Å². The Labute approximate surface area is 158 Å². The van der Waals surface area contributed by atoms with Crippen molar-refractivity contribution in [2.45, 2.75) is 38.8 Å². The van der Waals surface area contributed by atoms with Gasteiger partial charge >= 0.3 is 0 Å². The lowest BCUT2D eigenvalue weighted by Crippen LogP contribution is -2.35. The molecule has 1 amide bonds. The van der Waals surface area contributed by atoms with Crippen molar-refractivity contribution in [1.82, 2.24) is 14.7 Å². The van der Waals surface area contributed by atoms with E-state index in [9.17, 15) is 9.59 Å². The van der Waals surface area contributed by atoms with E-state index in [0.717, 1.165) is 19.3 Å². The largest absolute Gasteiger partial charge is 0.333 e. The maximum absolute atomic E-state index is 13.4. The molecule has 1 aliphatic carbocycles. The van der Waals surface area contributed by atoms with Gasteiger partial charge in [0.2, 0.25) is 0 Å². The highest BCUT2D eigenvalue weighted by molar-refractivity contribution is 6.04. The molecule has 0 aliphatic heterocycles. The van der Waals surface area contributed by atoms with Crippen molar-refractivity contribution in [3.05, 3.63) is 75.7 Å². The smallest absolute Gasteiger partial charge is 0.275 e. The minimum Gasteiger partial charge on any atom is -0.333 e. The van der Waals surface area contributed by atoms with E-state index in [0.29, 0.717) is 23.0 Å². The average molecular weight is 361 g/mol. The molecule has 0 fully saturated rings. The molecule has 0 spiro atoms. The minimum atomic E-state index is -0.157. The van der Waals surface area contributed by atoms with Crippen LogP contribution in [0.5, 0.6) is 0 Å². The van der Waals surface area contributed by atoms with Crippen molar-refractivity contribution in [1.29, 1.82) is 0 Å². The zero-order chi connectivity index (χ0) is 19.0. The summed E-state index contributed by atoms with van der Waals surface area (Å²) < 4.78 is 1.37. The zero-order valence-corrected chi connectivity index (χ0v) is 15.7. The first-order valence-electron chi connectivity index (χ1n) is 9.46. The summed E-state index contributed by atoms with van der Waals surface area (Å²) in [6.07, 6.45) is 3.04. The molecule has 5 nitrogen and oxygen atoms in total. The molecular formula is C22H23N3O2. The Bertz CT molecular complexity index is 1070. The molecule has 3 aromatic rings. The molecular weight excluding hydrogens is 338 g/mol. The SMILES string of the molecule is CCn1nc(C(=O)N(C)[C@H]2CCCc3ccccc32)c2ccccc2c1=O. The molecule has 0 radical (unpaired) electrons. The predicted molar refractivity (Wildman–Crippen MR) is 106 cm³/mol. The first kappa shape index (κ1) is 17.5. The Morgan fingerprint density at radius 2 is 1.85 bits per heavy atom. The predicted octanol–water partition coefficient (Wildman–Crippen LogP) is 3.57. The summed E-state index contributed by atoms with van der Waals surface area (Å²) in [5.41, 5.74) is 2.71. The number of nitrogens with zero attached hydrogens (tertiary/aromatic N) is 3. The Hall–Kier alpha value is -2.95. The highest BCUT2D eigenvalue weighted by Gasteiger charge is 2.29. The maximum atomic E-state index is 13.4. The molecule has 0 N–H and O–H groups in total. The van der Waals surface area contributed by atoms with Gasteiger partial charge in [-0.25, -0.2) is 4.68 Å². The summed E-state index contributed by atoms with van der Waals surface area (Å²) in [5.74, 6) is -0.143. The first-order valence-corrected chi connectivity index (χ1v) is 9.46. The third-order valence-corrected chi connectivity index (χ3v) is 5.50. The highest BCUT2D eigenvalue weighted by Crippen LogP contribution is 2.34. The molecule has 1 aliphatic rings. The van der Waals surface area contributed by atoms with E-state index in [1.807, 2.05) is 32.2 Å². The topological polar surface area (TPSA) is 55.2 Å². The standard InChI is InChI=1S/C22H23N3O2/c1-3-25-21(26)18-13-7-6-12-17(18)20(23-25)22(27)24(2)19-14-8-10-15-9-4-5-11-16(15)19/h4-7,9,11-13,19H,3,8,10,14H2,1-2H3/t19-/m0/s1. The van der Waals surface area contributed by atoms with Crippen molar-refractivity contribution >= 4 is 16.7 Å². The number of amides is 1. The number of aryl methyl sites for hydroxylation is 2. The van der Waals surface area contributed by atoms with E-state index in [1.165, 1.54) is 15.8 Å². The van der Waals surface area contributed by atoms with Gasteiger partial charge in [0.05, 0.1) is 11.4 Å². The van der Waals surface area contributed by atoms with Crippen LogP contribution in [-0.4, -0.2) is 27.6 Å². The fraction of sp³-hybridized carbons (Fsp3) is 0.318. The van der Waals surface area contributed by atoms with Gasteiger partial charge in [-0.2, -0.15) is 5.10 Å². The van der Waals surface area contributed by atoms with Gasteiger partial charge in [-0.1, -0.05) is 42.5 Å². The Morgan fingerprint density at radius 3 is 2.63 bits per heavy atom. The monoisotopic (exact) mass is 361 g/mol. The summed E-state index contributed by atoms with van der Waals surface area (Å²) in [6.45, 7) is 2.29. The number of rotatable bonds is 3. The van der Waals surface area contributed by atoms with Crippen LogP contribution in [-0.2, 0) is 13.0 Å². The highest BCUT2D eigenvalue weighted by atomic mass is 16.2. The number of hydrogen-bond acceptors (Lipinski definition) is 3. The van der Waals surface area contributed by atoms with E-state index in [4.69, 9.17) is 0 Å². The fourth-order valence-corrected chi connectivity index (χ4v) is 4.05. The summed E-state index contributed by atoms with van der Waals surface area (Å²) in [6, 6.07) is 15.6. The van der Waals surface area contributed by atoms with Gasteiger partial charge in [-0.05, 0) is 43.4 Å². The maximum Gasteiger partial charge on any atom is 0.275 e. The summed E-state index contributed by atoms with van der Waals surface area (Å²) >= 11 is 0. The Balaban J connectivity index is 1.80. The molecule has 1 heterocycles. The van der Waals surface area contributed by atoms with Gasteiger partial charge in [0.15, 0.2) is 5.69 Å². The minimum absolute atomic E-state index is 0.0324. The molecule has 0 saturated carbocycles. The number of carbonyl (C=O) groups is 1. The van der Waals surface area contributed by atoms with Gasteiger partial charge in [0, 0.05) is 19.0 Å². The van der Waals surface area contributed by atoms with Crippen LogP contribution in [0.1, 0.15) is 47.4 Å². The van der Waals surface area contributed by atoms with E-state index < -0.39 is 0 Å². The van der Waals surface area contributed by atoms with Crippen molar-refractivity contribution < 1.29 is 4.79 Å². The van der Waals surface area contributed by atoms with E-state index >= 15 is 0 Å². The van der Waals surface area contributed by atoms with E-state index in [2.05, 4.69) is 23.3 Å². The van der Waals surface area contributed by atoms with Gasteiger partial charge in [0.25, 0.3) is 11.5 Å². The average Bonchev–Trinajstić information content (AvgIpc) is 2.73. The Kier molecular flexibility index (Phi) is 4.52. The second kappa shape index (κ2) is 6.99. The van der Waals surface area contributed by atoms with Gasteiger partial charge in [-0.3, -0.25) is 9.59 Å². The summed E-state index contributed by atoms with van der Waals surface area (Å²) in [7, 11) is 1.84. The number of benzene rings is 2. The lowest BCUT2D eigenvalue weighted by Gasteiger charge is -2.33. The molecule has 1 atom stereocenters. The molecule has 138 valence electrons. The summed E-state index contributed by atoms with van der Waals surface area (Å²) in [5, 5.41) is 5.56. The molecule has 0 bridgehead atoms. The first-order chi connectivity index (χ1) is 13.1. The van der Waals surface area contributed by atoms with Crippen LogP contribution in [0, 0.1) is 0 Å². The molecule has 4 rings (SSSR count). The molecule has 27 heavy (non-hydrogen) atoms. The van der Waals surface area contributed by atoms with Gasteiger partial charge in [-0.15, -0.1) is 0 Å². The van der Waals surface area contributed by atoms with Crippen LogP contribution in [0.4, 0.5) is 0 Å². The zero-order valence-electron chi connectivity index (χ0n) is 15.7. The van der Waals surface area contributed by atoms with Crippen LogP contribution in [0.25, 0.3) is 10.8 Å². The second-order valence-corrected chi connectivity index (χ2v) is 7.04. The molecule has 1 aromatic heterocycles. The third-order valence-electron chi connectivity index (χ3n) is 5.50. The third kappa shape index (κ3) is 2.93. The summed E-state index contributed by atoms with van der Waals surface area (Å²) in [4.78, 5) is 27.7. The van der Waals surface area contributed by atoms with Crippen LogP contribution in [0.15, 0.2) is 53.3 Å². The Morgan fingerprint density at radius 1 is 1.15 bits per heavy atom. The molecule has 0 saturated heterocycles. The van der Waals surface area contributed by atoms with Crippen LogP contribution in [0.3, 0.4) is 0 Å². The van der Waals surface area contributed by atoms with E-state index in [1.54, 1.807) is 17.0 Å². The van der Waals surface area contributed by atoms with Crippen LogP contribution < -0.4 is 5.56 Å². The van der Waals surface area contributed by atoms with Crippen LogP contribution >= 0.6 is 0 Å². The van der Waals surface area contributed by atoms with Crippen LogP contribution in [0.2, 0.25) is 0 Å². The number of aromatic nitrogens is 2. The van der Waals surface area contributed by atoms with Gasteiger partial charge in [0.1, 0.15) is 0 Å². The van der Waals surface area contributed by atoms with Crippen molar-refractivity contribution in [2.75, 3.05) is 7.05 Å². The number of hydrogen-bond donors (Lipinski definition) is 0. The number of carbonyl (C=O) groups excluding carboxylic acids is 1. The fourth-order valence-electron chi connectivity index (χ4n) is 4.05. The van der Waals surface area contributed by atoms with Crippen molar-refractivity contribution in [3.63, 3.8) is 0 Å². The van der Waals surface area contributed by atoms with Crippen molar-refractivity contribution in [2.24, 2.45) is 0 Å². The number of fused-ring (bicyclic) bond motifs is 2. The molecule has 0 unspecified atom stereocenters. The van der Waals surface area contributed by atoms with E-state index in [-0.39, 0.29) is 17.5 Å². The normalized spacial score (nSPS) is 16.1. The second-order valence-electron chi connectivity index (χ2n) is 7.04. The lowest BCUT2D eigenvalue weighted by atomic mass is 9.87. The molecule has 5 heteroatoms. The lowest BCUT2D eigenvalue weighted by molar-refractivity contribution is 0.0708. The van der Waals surface area contributed by atoms with Crippen molar-refractivity contribution in [3.8, 4) is 0 Å². The quantitative estimate of drug-likeness (QED) is 0.717. The molecule has 2 aromatic carbocycles.